The largest absolute Gasteiger partial charge is 0.320 e. The van der Waals surface area contributed by atoms with Crippen molar-refractivity contribution in [3.63, 3.8) is 0 Å². The quantitative estimate of drug-likeness (QED) is 0.607. The Morgan fingerprint density at radius 2 is 2.36 bits per heavy atom. The smallest absolute Gasteiger partial charge is 0.00517 e. The fraction of sp³-hybridized carbons (Fsp3) is 0.600. The minimum absolute atomic E-state index is 0.799. The van der Waals surface area contributed by atoms with Gasteiger partial charge in [0.2, 0.25) is 0 Å². The van der Waals surface area contributed by atoms with Crippen molar-refractivity contribution < 1.29 is 0 Å². The molecule has 1 N–H and O–H groups in total. The molecule has 1 aliphatic carbocycles. The van der Waals surface area contributed by atoms with Gasteiger partial charge in [0.15, 0.2) is 0 Å². The molecule has 0 saturated carbocycles. The van der Waals surface area contributed by atoms with Gasteiger partial charge in [-0.15, -0.1) is 0 Å². The maximum absolute atomic E-state index is 3.17. The molecule has 1 aliphatic rings. The van der Waals surface area contributed by atoms with Gasteiger partial charge in [-0.2, -0.15) is 0 Å². The number of hydrogen-bond acceptors (Lipinski definition) is 1. The van der Waals surface area contributed by atoms with Crippen LogP contribution in [0.15, 0.2) is 24.3 Å². The average Bonchev–Trinajstić information content (AvgIpc) is 2.07. The van der Waals surface area contributed by atoms with Crippen LogP contribution in [0.1, 0.15) is 19.3 Å². The lowest BCUT2D eigenvalue weighted by molar-refractivity contribution is 0.550. The van der Waals surface area contributed by atoms with E-state index in [0.29, 0.717) is 0 Å². The van der Waals surface area contributed by atoms with Crippen molar-refractivity contribution in [3.8, 4) is 0 Å². The van der Waals surface area contributed by atoms with Crippen molar-refractivity contribution in [1.29, 1.82) is 0 Å². The van der Waals surface area contributed by atoms with Crippen LogP contribution in [-0.4, -0.2) is 13.6 Å². The van der Waals surface area contributed by atoms with E-state index in [2.05, 4.69) is 29.6 Å². The van der Waals surface area contributed by atoms with Crippen molar-refractivity contribution in [2.24, 2.45) is 5.92 Å². The Bertz CT molecular complexity index is 147. The van der Waals surface area contributed by atoms with E-state index in [1.54, 1.807) is 0 Å². The summed E-state index contributed by atoms with van der Waals surface area (Å²) < 4.78 is 0. The lowest BCUT2D eigenvalue weighted by atomic mass is 9.96. The summed E-state index contributed by atoms with van der Waals surface area (Å²) in [5.41, 5.74) is 0. The first kappa shape index (κ1) is 8.54. The zero-order valence-corrected chi connectivity index (χ0v) is 7.22. The highest BCUT2D eigenvalue weighted by Crippen LogP contribution is 2.16. The third-order valence-corrected chi connectivity index (χ3v) is 2.07. The third kappa shape index (κ3) is 3.38. The highest BCUT2D eigenvalue weighted by molar-refractivity contribution is 5.10. The van der Waals surface area contributed by atoms with Crippen LogP contribution in [0.3, 0.4) is 0 Å². The van der Waals surface area contributed by atoms with Gasteiger partial charge < -0.3 is 5.32 Å². The molecule has 0 aromatic carbocycles. The molecule has 0 aromatic heterocycles. The minimum Gasteiger partial charge on any atom is -0.320 e. The first-order valence-corrected chi connectivity index (χ1v) is 4.41. The van der Waals surface area contributed by atoms with Crippen LogP contribution >= 0.6 is 0 Å². The number of hydrogen-bond donors (Lipinski definition) is 1. The Kier molecular flexibility index (Phi) is 3.99. The molecule has 0 spiro atoms. The van der Waals surface area contributed by atoms with Crippen molar-refractivity contribution in [3.05, 3.63) is 24.3 Å². The summed E-state index contributed by atoms with van der Waals surface area (Å²) in [6.07, 6.45) is 12.7. The summed E-state index contributed by atoms with van der Waals surface area (Å²) in [6.45, 7) is 1.15. The molecule has 0 aromatic rings. The van der Waals surface area contributed by atoms with E-state index >= 15 is 0 Å². The van der Waals surface area contributed by atoms with Crippen molar-refractivity contribution in [2.75, 3.05) is 13.6 Å². The van der Waals surface area contributed by atoms with Gasteiger partial charge in [0.05, 0.1) is 0 Å². The van der Waals surface area contributed by atoms with Crippen LogP contribution in [0.25, 0.3) is 0 Å². The molecule has 0 aliphatic heterocycles. The summed E-state index contributed by atoms with van der Waals surface area (Å²) >= 11 is 0. The fourth-order valence-electron chi connectivity index (χ4n) is 1.39. The summed E-state index contributed by atoms with van der Waals surface area (Å²) in [6, 6.07) is 0. The van der Waals surface area contributed by atoms with Crippen LogP contribution in [0.5, 0.6) is 0 Å². The van der Waals surface area contributed by atoms with Crippen LogP contribution in [0.4, 0.5) is 0 Å². The second-order valence-electron chi connectivity index (χ2n) is 3.05. The summed E-state index contributed by atoms with van der Waals surface area (Å²) in [4.78, 5) is 0. The van der Waals surface area contributed by atoms with Gasteiger partial charge in [-0.1, -0.05) is 24.3 Å². The zero-order valence-electron chi connectivity index (χ0n) is 7.22. The van der Waals surface area contributed by atoms with E-state index in [4.69, 9.17) is 0 Å². The summed E-state index contributed by atoms with van der Waals surface area (Å²) in [5, 5.41) is 3.17. The van der Waals surface area contributed by atoms with Gasteiger partial charge in [-0.3, -0.25) is 0 Å². The Hall–Kier alpha value is -0.560. The number of rotatable bonds is 4. The van der Waals surface area contributed by atoms with E-state index in [1.165, 1.54) is 19.3 Å². The first-order valence-electron chi connectivity index (χ1n) is 4.41. The lowest BCUT2D eigenvalue weighted by Crippen LogP contribution is -2.09. The zero-order chi connectivity index (χ0) is 7.94. The minimum atomic E-state index is 0.799. The van der Waals surface area contributed by atoms with Crippen molar-refractivity contribution >= 4 is 0 Å². The van der Waals surface area contributed by atoms with E-state index in [-0.39, 0.29) is 0 Å². The SMILES string of the molecule is CNCCCC1C=CC=CC1. The monoisotopic (exact) mass is 151 g/mol. The Balaban J connectivity index is 2.07. The molecule has 62 valence electrons. The van der Waals surface area contributed by atoms with E-state index in [1.807, 2.05) is 7.05 Å². The maximum atomic E-state index is 3.17. The van der Waals surface area contributed by atoms with Crippen molar-refractivity contribution in [2.45, 2.75) is 19.3 Å². The average molecular weight is 151 g/mol. The first-order chi connectivity index (χ1) is 5.43. The summed E-state index contributed by atoms with van der Waals surface area (Å²) in [7, 11) is 2.01. The molecular weight excluding hydrogens is 134 g/mol. The van der Waals surface area contributed by atoms with Gasteiger partial charge in [0.1, 0.15) is 0 Å². The highest BCUT2D eigenvalue weighted by atomic mass is 14.8. The van der Waals surface area contributed by atoms with E-state index < -0.39 is 0 Å². The predicted molar refractivity (Wildman–Crippen MR) is 49.5 cm³/mol. The molecule has 0 saturated heterocycles. The molecule has 1 heteroatoms. The standard InChI is InChI=1S/C10H17N/c1-11-9-5-8-10-6-3-2-4-7-10/h2-4,6,10-11H,5,7-9H2,1H3. The number of nitrogens with one attached hydrogen (secondary N) is 1. The van der Waals surface area contributed by atoms with Gasteiger partial charge >= 0.3 is 0 Å². The Labute approximate surface area is 69.2 Å². The van der Waals surface area contributed by atoms with Gasteiger partial charge in [0.25, 0.3) is 0 Å². The molecule has 1 nitrogen and oxygen atoms in total. The molecule has 11 heavy (non-hydrogen) atoms. The van der Waals surface area contributed by atoms with Crippen LogP contribution in [0, 0.1) is 5.92 Å². The fourth-order valence-corrected chi connectivity index (χ4v) is 1.39. The van der Waals surface area contributed by atoms with Crippen molar-refractivity contribution in [1.82, 2.24) is 5.32 Å². The van der Waals surface area contributed by atoms with Crippen LogP contribution < -0.4 is 5.32 Å². The molecule has 1 rings (SSSR count). The molecule has 0 amide bonds. The molecule has 0 heterocycles. The maximum Gasteiger partial charge on any atom is -0.00517 e. The molecular formula is C10H17N. The molecule has 0 fully saturated rings. The highest BCUT2D eigenvalue weighted by Gasteiger charge is 2.03. The Morgan fingerprint density at radius 1 is 1.45 bits per heavy atom. The Morgan fingerprint density at radius 3 is 3.00 bits per heavy atom. The number of allylic oxidation sites excluding steroid dienone is 4. The molecule has 1 unspecified atom stereocenters. The normalized spacial score (nSPS) is 22.5. The van der Waals surface area contributed by atoms with E-state index in [9.17, 15) is 0 Å². The molecule has 0 radical (unpaired) electrons. The lowest BCUT2D eigenvalue weighted by Gasteiger charge is -2.11. The summed E-state index contributed by atoms with van der Waals surface area (Å²) in [5.74, 6) is 0.799. The van der Waals surface area contributed by atoms with Gasteiger partial charge in [-0.05, 0) is 38.8 Å². The molecule has 0 bridgehead atoms. The van der Waals surface area contributed by atoms with E-state index in [0.717, 1.165) is 12.5 Å². The third-order valence-electron chi connectivity index (χ3n) is 2.07. The second kappa shape index (κ2) is 5.14. The van der Waals surface area contributed by atoms with Crippen LogP contribution in [0.2, 0.25) is 0 Å². The predicted octanol–water partition coefficient (Wildman–Crippen LogP) is 2.12. The second-order valence-corrected chi connectivity index (χ2v) is 3.05. The van der Waals surface area contributed by atoms with Gasteiger partial charge in [0, 0.05) is 0 Å². The van der Waals surface area contributed by atoms with Gasteiger partial charge in [-0.25, -0.2) is 0 Å². The van der Waals surface area contributed by atoms with Crippen LogP contribution in [-0.2, 0) is 0 Å². The molecule has 1 atom stereocenters. The topological polar surface area (TPSA) is 12.0 Å².